The smallest absolute Gasteiger partial charge is 0.242 e. The van der Waals surface area contributed by atoms with Gasteiger partial charge in [0.2, 0.25) is 11.8 Å². The molecule has 0 aliphatic rings. The fourth-order valence-electron chi connectivity index (χ4n) is 3.89. The van der Waals surface area contributed by atoms with Gasteiger partial charge in [0.25, 0.3) is 0 Å². The van der Waals surface area contributed by atoms with Crippen LogP contribution in [0.1, 0.15) is 64.1 Å². The average Bonchev–Trinajstić information content (AvgIpc) is 3.15. The predicted molar refractivity (Wildman–Crippen MR) is 127 cm³/mol. The monoisotopic (exact) mass is 425 g/mol. The molecule has 5 heteroatoms. The fourth-order valence-corrected chi connectivity index (χ4v) is 3.89. The number of hydrogen-bond acceptors (Lipinski definition) is 2. The second kappa shape index (κ2) is 12.3. The molecule has 170 valence electrons. The van der Waals surface area contributed by atoms with Crippen molar-refractivity contribution in [2.24, 2.45) is 13.0 Å². The molecule has 0 N–H and O–H groups in total. The molecule has 0 unspecified atom stereocenters. The minimum atomic E-state index is -0.218. The molecule has 1 heterocycles. The first kappa shape index (κ1) is 24.7. The standard InChI is InChI=1S/C26H39N3O2/c1-6-8-17-28(19-23-15-12-16-27(23)5)25(30)20-29(18-21(3)4)26(31)24(7-2)22-13-10-9-11-14-22/h9-16,21,24H,6-8,17-20H2,1-5H3/t24-/m0/s1. The zero-order chi connectivity index (χ0) is 22.8. The molecular formula is C26H39N3O2. The van der Waals surface area contributed by atoms with Crippen molar-refractivity contribution in [3.63, 3.8) is 0 Å². The second-order valence-electron chi connectivity index (χ2n) is 8.76. The molecule has 0 saturated heterocycles. The first-order chi connectivity index (χ1) is 14.9. The van der Waals surface area contributed by atoms with Gasteiger partial charge in [-0.3, -0.25) is 9.59 Å². The first-order valence-electron chi connectivity index (χ1n) is 11.6. The first-order valence-corrected chi connectivity index (χ1v) is 11.6. The van der Waals surface area contributed by atoms with Gasteiger partial charge in [-0.2, -0.15) is 0 Å². The van der Waals surface area contributed by atoms with Crippen LogP contribution in [-0.4, -0.2) is 45.8 Å². The number of benzene rings is 1. The summed E-state index contributed by atoms with van der Waals surface area (Å²) >= 11 is 0. The van der Waals surface area contributed by atoms with Gasteiger partial charge in [0.05, 0.1) is 19.0 Å². The summed E-state index contributed by atoms with van der Waals surface area (Å²) in [5, 5.41) is 0. The second-order valence-corrected chi connectivity index (χ2v) is 8.76. The van der Waals surface area contributed by atoms with Gasteiger partial charge in [-0.1, -0.05) is 64.4 Å². The lowest BCUT2D eigenvalue weighted by atomic mass is 9.94. The third-order valence-electron chi connectivity index (χ3n) is 5.67. The molecule has 0 spiro atoms. The number of nitrogens with zero attached hydrogens (tertiary/aromatic N) is 3. The van der Waals surface area contributed by atoms with Crippen LogP contribution < -0.4 is 0 Å². The van der Waals surface area contributed by atoms with E-state index in [-0.39, 0.29) is 24.3 Å². The zero-order valence-corrected chi connectivity index (χ0v) is 19.9. The van der Waals surface area contributed by atoms with Crippen molar-refractivity contribution in [2.75, 3.05) is 19.6 Å². The summed E-state index contributed by atoms with van der Waals surface area (Å²) in [6.45, 7) is 10.3. The maximum Gasteiger partial charge on any atom is 0.242 e. The van der Waals surface area contributed by atoms with E-state index in [9.17, 15) is 9.59 Å². The van der Waals surface area contributed by atoms with Gasteiger partial charge >= 0.3 is 0 Å². The molecule has 31 heavy (non-hydrogen) atoms. The number of aryl methyl sites for hydroxylation is 1. The van der Waals surface area contributed by atoms with E-state index >= 15 is 0 Å². The van der Waals surface area contributed by atoms with E-state index in [2.05, 4.69) is 20.8 Å². The quantitative estimate of drug-likeness (QED) is 0.489. The topological polar surface area (TPSA) is 45.6 Å². The van der Waals surface area contributed by atoms with Crippen molar-refractivity contribution in [3.8, 4) is 0 Å². The van der Waals surface area contributed by atoms with Gasteiger partial charge in [-0.15, -0.1) is 0 Å². The molecule has 2 rings (SSSR count). The summed E-state index contributed by atoms with van der Waals surface area (Å²) in [7, 11) is 2.00. The van der Waals surface area contributed by atoms with Crippen molar-refractivity contribution in [1.29, 1.82) is 0 Å². The Morgan fingerprint density at radius 2 is 1.71 bits per heavy atom. The molecule has 0 saturated carbocycles. The van der Waals surface area contributed by atoms with Crippen molar-refractivity contribution < 1.29 is 9.59 Å². The number of carbonyl (C=O) groups excluding carboxylic acids is 2. The largest absolute Gasteiger partial charge is 0.353 e. The molecule has 0 aliphatic carbocycles. The Morgan fingerprint density at radius 3 is 2.26 bits per heavy atom. The van der Waals surface area contributed by atoms with E-state index in [1.54, 1.807) is 4.90 Å². The summed E-state index contributed by atoms with van der Waals surface area (Å²) in [6.07, 6.45) is 4.69. The Morgan fingerprint density at radius 1 is 1.00 bits per heavy atom. The van der Waals surface area contributed by atoms with Crippen molar-refractivity contribution in [1.82, 2.24) is 14.4 Å². The molecule has 1 atom stereocenters. The predicted octanol–water partition coefficient (Wildman–Crippen LogP) is 4.83. The Balaban J connectivity index is 2.20. The van der Waals surface area contributed by atoms with E-state index in [0.717, 1.165) is 24.1 Å². The normalized spacial score (nSPS) is 12.1. The lowest BCUT2D eigenvalue weighted by molar-refractivity contribution is -0.142. The van der Waals surface area contributed by atoms with Crippen LogP contribution in [0.4, 0.5) is 0 Å². The van der Waals surface area contributed by atoms with Gasteiger partial charge in [0, 0.05) is 32.0 Å². The maximum atomic E-state index is 13.5. The molecule has 2 aromatic rings. The van der Waals surface area contributed by atoms with Crippen LogP contribution in [0, 0.1) is 5.92 Å². The average molecular weight is 426 g/mol. The van der Waals surface area contributed by atoms with Crippen LogP contribution in [0.5, 0.6) is 0 Å². The lowest BCUT2D eigenvalue weighted by Gasteiger charge is -2.31. The number of hydrogen-bond donors (Lipinski definition) is 0. The molecule has 2 amide bonds. The summed E-state index contributed by atoms with van der Waals surface area (Å²) < 4.78 is 2.05. The number of amides is 2. The van der Waals surface area contributed by atoms with Crippen molar-refractivity contribution in [3.05, 3.63) is 59.9 Å². The number of rotatable bonds is 12. The molecule has 5 nitrogen and oxygen atoms in total. The number of unbranched alkanes of at least 4 members (excludes halogenated alkanes) is 1. The van der Waals surface area contributed by atoms with E-state index < -0.39 is 0 Å². The Labute approximate surface area is 188 Å². The van der Waals surface area contributed by atoms with Crippen LogP contribution in [0.15, 0.2) is 48.7 Å². The van der Waals surface area contributed by atoms with Crippen LogP contribution in [0.3, 0.4) is 0 Å². The third kappa shape index (κ3) is 7.27. The molecule has 1 aromatic carbocycles. The molecule has 0 aliphatic heterocycles. The molecule has 0 bridgehead atoms. The van der Waals surface area contributed by atoms with Gasteiger partial charge < -0.3 is 14.4 Å². The van der Waals surface area contributed by atoms with E-state index in [4.69, 9.17) is 0 Å². The van der Waals surface area contributed by atoms with Crippen LogP contribution in [0.25, 0.3) is 0 Å². The Kier molecular flexibility index (Phi) is 9.83. The van der Waals surface area contributed by atoms with Gasteiger partial charge in [-0.25, -0.2) is 0 Å². The highest BCUT2D eigenvalue weighted by Crippen LogP contribution is 2.23. The summed E-state index contributed by atoms with van der Waals surface area (Å²) in [4.78, 5) is 30.5. The van der Waals surface area contributed by atoms with Crippen LogP contribution in [0.2, 0.25) is 0 Å². The van der Waals surface area contributed by atoms with Gasteiger partial charge in [-0.05, 0) is 36.5 Å². The highest BCUT2D eigenvalue weighted by molar-refractivity contribution is 5.88. The van der Waals surface area contributed by atoms with E-state index in [1.165, 1.54) is 0 Å². The molecule has 1 aromatic heterocycles. The van der Waals surface area contributed by atoms with E-state index in [1.807, 2.05) is 72.1 Å². The van der Waals surface area contributed by atoms with E-state index in [0.29, 0.717) is 32.0 Å². The SMILES string of the molecule is CCCCN(Cc1cccn1C)C(=O)CN(CC(C)C)C(=O)[C@@H](CC)c1ccccc1. The Bertz CT molecular complexity index is 813. The number of carbonyl (C=O) groups is 2. The molecule has 0 radical (unpaired) electrons. The third-order valence-corrected chi connectivity index (χ3v) is 5.67. The van der Waals surface area contributed by atoms with Gasteiger partial charge in [0.15, 0.2) is 0 Å². The van der Waals surface area contributed by atoms with Crippen LogP contribution >= 0.6 is 0 Å². The highest BCUT2D eigenvalue weighted by Gasteiger charge is 2.28. The zero-order valence-electron chi connectivity index (χ0n) is 19.9. The minimum Gasteiger partial charge on any atom is -0.353 e. The summed E-state index contributed by atoms with van der Waals surface area (Å²) in [5.41, 5.74) is 2.12. The number of aromatic nitrogens is 1. The minimum absolute atomic E-state index is 0.0200. The molecular weight excluding hydrogens is 386 g/mol. The Hall–Kier alpha value is -2.56. The highest BCUT2D eigenvalue weighted by atomic mass is 16.2. The lowest BCUT2D eigenvalue weighted by Crippen LogP contribution is -2.46. The summed E-state index contributed by atoms with van der Waals surface area (Å²) in [6, 6.07) is 14.0. The van der Waals surface area contributed by atoms with Crippen LogP contribution in [-0.2, 0) is 23.2 Å². The summed E-state index contributed by atoms with van der Waals surface area (Å²) in [5.74, 6) is 0.142. The van der Waals surface area contributed by atoms with Crippen molar-refractivity contribution >= 4 is 11.8 Å². The van der Waals surface area contributed by atoms with Crippen molar-refractivity contribution in [2.45, 2.75) is 59.4 Å². The maximum absolute atomic E-state index is 13.5. The van der Waals surface area contributed by atoms with Gasteiger partial charge in [0.1, 0.15) is 0 Å². The fraction of sp³-hybridized carbons (Fsp3) is 0.538. The molecule has 0 fully saturated rings.